The average molecular weight is 290 g/mol. The van der Waals surface area contributed by atoms with Crippen LogP contribution in [0.15, 0.2) is 0 Å². The van der Waals surface area contributed by atoms with Crippen molar-refractivity contribution in [1.29, 1.82) is 0 Å². The Kier molecular flexibility index (Phi) is 2.96. The first kappa shape index (κ1) is 13.6. The highest BCUT2D eigenvalue weighted by atomic mass is 16.2. The number of likely N-dealkylation sites (N-methyl/N-ethyl adjacent to an activating group) is 1. The number of carbonyl (C=O) groups is 2. The van der Waals surface area contributed by atoms with Crippen molar-refractivity contribution in [1.82, 2.24) is 24.2 Å². The summed E-state index contributed by atoms with van der Waals surface area (Å²) >= 11 is 0. The van der Waals surface area contributed by atoms with Gasteiger partial charge in [-0.05, 0) is 12.8 Å². The molecule has 2 amide bonds. The summed E-state index contributed by atoms with van der Waals surface area (Å²) < 4.78 is 3.40. The van der Waals surface area contributed by atoms with Gasteiger partial charge in [0.1, 0.15) is 11.6 Å². The van der Waals surface area contributed by atoms with E-state index in [9.17, 15) is 9.59 Å². The van der Waals surface area contributed by atoms with Gasteiger partial charge in [0.05, 0.1) is 5.69 Å². The molecular formula is C13H18N6O2. The molecule has 0 spiro atoms. The molecule has 2 N–H and O–H groups in total. The minimum atomic E-state index is -0.502. The molecule has 8 nitrogen and oxygen atoms in total. The quantitative estimate of drug-likeness (QED) is 0.798. The summed E-state index contributed by atoms with van der Waals surface area (Å²) in [4.78, 5) is 29.5. The normalized spacial score (nSPS) is 19.8. The Morgan fingerprint density at radius 3 is 2.71 bits per heavy atom. The molecule has 0 aromatic carbocycles. The maximum absolute atomic E-state index is 12.4. The molecule has 1 unspecified atom stereocenters. The van der Waals surface area contributed by atoms with Crippen molar-refractivity contribution < 1.29 is 9.59 Å². The minimum Gasteiger partial charge on any atom is -0.369 e. The fourth-order valence-electron chi connectivity index (χ4n) is 2.90. The van der Waals surface area contributed by atoms with E-state index in [4.69, 9.17) is 5.73 Å². The van der Waals surface area contributed by atoms with E-state index >= 15 is 0 Å². The Morgan fingerprint density at radius 2 is 2.05 bits per heavy atom. The van der Waals surface area contributed by atoms with E-state index in [-0.39, 0.29) is 17.8 Å². The van der Waals surface area contributed by atoms with Crippen molar-refractivity contribution in [2.45, 2.75) is 32.2 Å². The molecule has 1 aliphatic heterocycles. The van der Waals surface area contributed by atoms with Crippen LogP contribution in [0.5, 0.6) is 0 Å². The Balaban J connectivity index is 2.16. The monoisotopic (exact) mass is 290 g/mol. The van der Waals surface area contributed by atoms with Crippen molar-refractivity contribution in [3.8, 4) is 0 Å². The van der Waals surface area contributed by atoms with Crippen LogP contribution in [0.2, 0.25) is 0 Å². The minimum absolute atomic E-state index is 0.162. The van der Waals surface area contributed by atoms with Crippen LogP contribution in [0.1, 0.15) is 31.5 Å². The number of fused-ring (bicyclic) bond motifs is 1. The Labute approximate surface area is 121 Å². The molecule has 3 rings (SSSR count). The van der Waals surface area contributed by atoms with Crippen molar-refractivity contribution in [2.75, 3.05) is 12.8 Å². The van der Waals surface area contributed by atoms with Crippen LogP contribution in [0.4, 0.5) is 5.95 Å². The number of likely N-dealkylation sites (tertiary alicyclic amines) is 1. The lowest BCUT2D eigenvalue weighted by Crippen LogP contribution is -2.43. The molecule has 8 heteroatoms. The van der Waals surface area contributed by atoms with Crippen LogP contribution in [-0.4, -0.2) is 43.1 Å². The second kappa shape index (κ2) is 4.57. The van der Waals surface area contributed by atoms with Crippen molar-refractivity contribution >= 4 is 28.9 Å². The summed E-state index contributed by atoms with van der Waals surface area (Å²) in [5.74, 6) is -0.129. The Morgan fingerprint density at radius 1 is 1.33 bits per heavy atom. The first-order valence-corrected chi connectivity index (χ1v) is 6.95. The highest BCUT2D eigenvalue weighted by Gasteiger charge is 2.36. The van der Waals surface area contributed by atoms with Crippen LogP contribution in [0.25, 0.3) is 11.2 Å². The first-order valence-electron chi connectivity index (χ1n) is 6.95. The Bertz CT molecular complexity index is 743. The number of imidazole rings is 1. The van der Waals surface area contributed by atoms with Gasteiger partial charge >= 0.3 is 0 Å². The number of aryl methyl sites for hydroxylation is 2. The molecule has 0 radical (unpaired) electrons. The number of aromatic nitrogens is 4. The van der Waals surface area contributed by atoms with Gasteiger partial charge in [-0.25, -0.2) is 4.98 Å². The van der Waals surface area contributed by atoms with E-state index in [2.05, 4.69) is 10.1 Å². The maximum atomic E-state index is 12.4. The van der Waals surface area contributed by atoms with Gasteiger partial charge in [0.15, 0.2) is 5.65 Å². The molecule has 0 aliphatic carbocycles. The number of imide groups is 1. The number of nitrogens with two attached hydrogens (primary N) is 1. The SMILES string of the molecule is CCc1nn(C)c2c1nc(N)n2C1CCC(=O)N(C)C1=O. The van der Waals surface area contributed by atoms with Crippen LogP contribution in [0.3, 0.4) is 0 Å². The van der Waals surface area contributed by atoms with E-state index < -0.39 is 6.04 Å². The van der Waals surface area contributed by atoms with Gasteiger partial charge in [0, 0.05) is 20.5 Å². The predicted octanol–water partition coefficient (Wildman–Crippen LogP) is 0.234. The molecular weight excluding hydrogens is 272 g/mol. The third kappa shape index (κ3) is 1.82. The standard InChI is InChI=1S/C13H18N6O2/c1-4-7-10-11(18(3)16-7)19(13(14)15-10)8-5-6-9(20)17(2)12(8)21/h8H,4-6H2,1-3H3,(H2,14,15). The number of hydrogen-bond acceptors (Lipinski definition) is 5. The summed E-state index contributed by atoms with van der Waals surface area (Å²) in [6, 6.07) is -0.502. The number of anilines is 1. The molecule has 0 bridgehead atoms. The average Bonchev–Trinajstić information content (AvgIpc) is 2.94. The summed E-state index contributed by atoms with van der Waals surface area (Å²) in [6.07, 6.45) is 1.50. The summed E-state index contributed by atoms with van der Waals surface area (Å²) in [6.45, 7) is 2.00. The van der Waals surface area contributed by atoms with E-state index in [1.807, 2.05) is 6.92 Å². The van der Waals surface area contributed by atoms with E-state index in [1.165, 1.54) is 7.05 Å². The van der Waals surface area contributed by atoms with E-state index in [0.29, 0.717) is 12.8 Å². The Hall–Kier alpha value is -2.38. The zero-order valence-corrected chi connectivity index (χ0v) is 12.3. The predicted molar refractivity (Wildman–Crippen MR) is 76.3 cm³/mol. The zero-order chi connectivity index (χ0) is 15.3. The molecule has 112 valence electrons. The van der Waals surface area contributed by atoms with Gasteiger partial charge in [0.25, 0.3) is 5.91 Å². The highest BCUT2D eigenvalue weighted by molar-refractivity contribution is 6.00. The summed E-state index contributed by atoms with van der Waals surface area (Å²) in [7, 11) is 3.31. The molecule has 1 fully saturated rings. The maximum Gasteiger partial charge on any atom is 0.252 e. The first-order chi connectivity index (χ1) is 9.95. The van der Waals surface area contributed by atoms with Crippen LogP contribution in [-0.2, 0) is 23.1 Å². The van der Waals surface area contributed by atoms with Crippen molar-refractivity contribution in [3.05, 3.63) is 5.69 Å². The smallest absolute Gasteiger partial charge is 0.252 e. The number of hydrogen-bond donors (Lipinski definition) is 1. The van der Waals surface area contributed by atoms with Gasteiger partial charge < -0.3 is 5.73 Å². The van der Waals surface area contributed by atoms with Crippen LogP contribution >= 0.6 is 0 Å². The number of nitrogens with zero attached hydrogens (tertiary/aromatic N) is 5. The molecule has 1 aliphatic rings. The zero-order valence-electron chi connectivity index (χ0n) is 12.3. The molecule has 3 heterocycles. The molecule has 21 heavy (non-hydrogen) atoms. The number of carbonyl (C=O) groups excluding carboxylic acids is 2. The van der Waals surface area contributed by atoms with Gasteiger partial charge in [-0.3, -0.25) is 23.7 Å². The molecule has 2 aromatic rings. The van der Waals surface area contributed by atoms with Gasteiger partial charge in [-0.15, -0.1) is 0 Å². The fourth-order valence-corrected chi connectivity index (χ4v) is 2.90. The third-order valence-electron chi connectivity index (χ3n) is 4.03. The van der Waals surface area contributed by atoms with Crippen LogP contribution < -0.4 is 5.73 Å². The fraction of sp³-hybridized carbons (Fsp3) is 0.538. The lowest BCUT2D eigenvalue weighted by atomic mass is 10.0. The van der Waals surface area contributed by atoms with Gasteiger partial charge in [0.2, 0.25) is 11.9 Å². The number of rotatable bonds is 2. The largest absolute Gasteiger partial charge is 0.369 e. The molecule has 0 saturated carbocycles. The summed E-state index contributed by atoms with van der Waals surface area (Å²) in [5.41, 5.74) is 8.32. The molecule has 2 aromatic heterocycles. The van der Waals surface area contributed by atoms with Crippen LogP contribution in [0, 0.1) is 0 Å². The summed E-state index contributed by atoms with van der Waals surface area (Å²) in [5, 5.41) is 4.41. The van der Waals surface area contributed by atoms with Crippen molar-refractivity contribution in [2.24, 2.45) is 7.05 Å². The highest BCUT2D eigenvalue weighted by Crippen LogP contribution is 2.31. The lowest BCUT2D eigenvalue weighted by molar-refractivity contribution is -0.149. The van der Waals surface area contributed by atoms with Crippen molar-refractivity contribution in [3.63, 3.8) is 0 Å². The van der Waals surface area contributed by atoms with Gasteiger partial charge in [-0.1, -0.05) is 6.92 Å². The number of piperidine rings is 1. The number of amides is 2. The second-order valence-corrected chi connectivity index (χ2v) is 5.28. The second-order valence-electron chi connectivity index (χ2n) is 5.28. The topological polar surface area (TPSA) is 99.0 Å². The number of nitrogen functional groups attached to an aromatic ring is 1. The lowest BCUT2D eigenvalue weighted by Gasteiger charge is -2.29. The third-order valence-corrected chi connectivity index (χ3v) is 4.03. The molecule has 1 saturated heterocycles. The van der Waals surface area contributed by atoms with E-state index in [1.54, 1.807) is 16.3 Å². The van der Waals surface area contributed by atoms with E-state index in [0.717, 1.165) is 28.2 Å². The molecule has 1 atom stereocenters. The van der Waals surface area contributed by atoms with Gasteiger partial charge in [-0.2, -0.15) is 5.10 Å².